The highest BCUT2D eigenvalue weighted by atomic mass is 16.2. The normalized spacial score (nSPS) is 22.6. The van der Waals surface area contributed by atoms with Crippen molar-refractivity contribution in [2.24, 2.45) is 0 Å². The maximum absolute atomic E-state index is 11.9. The Hall–Kier alpha value is -1.05. The number of carbonyl (C=O) groups excluding carboxylic acids is 1. The SMILES string of the molecule is C#CCNCC(=O)N1CCCN(C)CC1C. The van der Waals surface area contributed by atoms with E-state index in [1.54, 1.807) is 0 Å². The van der Waals surface area contributed by atoms with E-state index >= 15 is 0 Å². The summed E-state index contributed by atoms with van der Waals surface area (Å²) in [6.07, 6.45) is 6.16. The molecule has 1 fully saturated rings. The Morgan fingerprint density at radius 2 is 2.31 bits per heavy atom. The van der Waals surface area contributed by atoms with E-state index in [2.05, 4.69) is 30.1 Å². The minimum atomic E-state index is 0.151. The first kappa shape index (κ1) is 13.0. The highest BCUT2D eigenvalue weighted by Gasteiger charge is 2.23. The van der Waals surface area contributed by atoms with Crippen molar-refractivity contribution in [2.75, 3.05) is 39.8 Å². The van der Waals surface area contributed by atoms with Gasteiger partial charge in [-0.1, -0.05) is 5.92 Å². The molecule has 0 radical (unpaired) electrons. The number of terminal acetylenes is 1. The van der Waals surface area contributed by atoms with Crippen LogP contribution in [0, 0.1) is 12.3 Å². The third-order valence-corrected chi connectivity index (χ3v) is 2.87. The summed E-state index contributed by atoms with van der Waals surface area (Å²) in [5, 5.41) is 2.94. The number of hydrogen-bond acceptors (Lipinski definition) is 3. The molecule has 1 unspecified atom stereocenters. The largest absolute Gasteiger partial charge is 0.338 e. The van der Waals surface area contributed by atoms with E-state index in [-0.39, 0.29) is 11.9 Å². The topological polar surface area (TPSA) is 35.6 Å². The molecule has 1 atom stereocenters. The summed E-state index contributed by atoms with van der Waals surface area (Å²) in [5.74, 6) is 2.62. The number of carbonyl (C=O) groups is 1. The van der Waals surface area contributed by atoms with Crippen molar-refractivity contribution in [1.29, 1.82) is 0 Å². The summed E-state index contributed by atoms with van der Waals surface area (Å²) in [7, 11) is 2.10. The van der Waals surface area contributed by atoms with E-state index < -0.39 is 0 Å². The van der Waals surface area contributed by atoms with Crippen molar-refractivity contribution in [1.82, 2.24) is 15.1 Å². The molecule has 90 valence electrons. The van der Waals surface area contributed by atoms with Gasteiger partial charge in [-0.15, -0.1) is 6.42 Å². The minimum absolute atomic E-state index is 0.151. The highest BCUT2D eigenvalue weighted by molar-refractivity contribution is 5.78. The molecule has 4 nitrogen and oxygen atoms in total. The van der Waals surface area contributed by atoms with E-state index in [4.69, 9.17) is 6.42 Å². The minimum Gasteiger partial charge on any atom is -0.338 e. The second-order valence-electron chi connectivity index (χ2n) is 4.36. The molecule has 0 aromatic carbocycles. The average Bonchev–Trinajstić information content (AvgIpc) is 2.39. The van der Waals surface area contributed by atoms with Gasteiger partial charge in [0.25, 0.3) is 0 Å². The summed E-state index contributed by atoms with van der Waals surface area (Å²) in [5.41, 5.74) is 0. The molecule has 1 N–H and O–H groups in total. The number of amides is 1. The van der Waals surface area contributed by atoms with Crippen molar-refractivity contribution in [3.63, 3.8) is 0 Å². The van der Waals surface area contributed by atoms with Gasteiger partial charge in [0.05, 0.1) is 13.1 Å². The molecule has 16 heavy (non-hydrogen) atoms. The molecular formula is C12H21N3O. The quantitative estimate of drug-likeness (QED) is 0.530. The smallest absolute Gasteiger partial charge is 0.236 e. The van der Waals surface area contributed by atoms with Gasteiger partial charge >= 0.3 is 0 Å². The molecule has 1 amide bonds. The average molecular weight is 223 g/mol. The Balaban J connectivity index is 2.44. The zero-order chi connectivity index (χ0) is 12.0. The lowest BCUT2D eigenvalue weighted by Gasteiger charge is -2.28. The summed E-state index contributed by atoms with van der Waals surface area (Å²) < 4.78 is 0. The van der Waals surface area contributed by atoms with Gasteiger partial charge in [0.15, 0.2) is 0 Å². The van der Waals surface area contributed by atoms with Crippen LogP contribution in [0.5, 0.6) is 0 Å². The molecule has 1 rings (SSSR count). The Labute approximate surface area is 98.0 Å². The number of nitrogens with zero attached hydrogens (tertiary/aromatic N) is 2. The van der Waals surface area contributed by atoms with Crippen molar-refractivity contribution < 1.29 is 4.79 Å². The predicted octanol–water partition coefficient (Wildman–Crippen LogP) is -0.238. The van der Waals surface area contributed by atoms with Crippen molar-refractivity contribution in [2.45, 2.75) is 19.4 Å². The molecule has 1 aliphatic heterocycles. The Bertz CT molecular complexity index is 272. The van der Waals surface area contributed by atoms with Crippen LogP contribution in [-0.4, -0.2) is 61.5 Å². The summed E-state index contributed by atoms with van der Waals surface area (Å²) in [6.45, 7) is 5.75. The predicted molar refractivity (Wildman–Crippen MR) is 65.0 cm³/mol. The van der Waals surface area contributed by atoms with Crippen LogP contribution in [0.1, 0.15) is 13.3 Å². The van der Waals surface area contributed by atoms with Gasteiger partial charge < -0.3 is 9.80 Å². The van der Waals surface area contributed by atoms with Crippen LogP contribution >= 0.6 is 0 Å². The maximum Gasteiger partial charge on any atom is 0.236 e. The number of hydrogen-bond donors (Lipinski definition) is 1. The van der Waals surface area contributed by atoms with Crippen LogP contribution in [0.3, 0.4) is 0 Å². The van der Waals surface area contributed by atoms with Crippen molar-refractivity contribution in [3.05, 3.63) is 0 Å². The second kappa shape index (κ2) is 6.51. The molecule has 0 aromatic rings. The second-order valence-corrected chi connectivity index (χ2v) is 4.36. The van der Waals surface area contributed by atoms with E-state index in [1.807, 2.05) is 4.90 Å². The fraction of sp³-hybridized carbons (Fsp3) is 0.750. The van der Waals surface area contributed by atoms with Gasteiger partial charge in [-0.3, -0.25) is 10.1 Å². The fourth-order valence-electron chi connectivity index (χ4n) is 2.09. The van der Waals surface area contributed by atoms with Crippen molar-refractivity contribution >= 4 is 5.91 Å². The molecule has 1 saturated heterocycles. The van der Waals surface area contributed by atoms with Gasteiger partial charge in [0.2, 0.25) is 5.91 Å². The summed E-state index contributed by atoms with van der Waals surface area (Å²) in [4.78, 5) is 16.1. The Morgan fingerprint density at radius 1 is 1.56 bits per heavy atom. The number of likely N-dealkylation sites (N-methyl/N-ethyl adjacent to an activating group) is 1. The van der Waals surface area contributed by atoms with Crippen LogP contribution in [0.4, 0.5) is 0 Å². The van der Waals surface area contributed by atoms with Gasteiger partial charge in [-0.2, -0.15) is 0 Å². The van der Waals surface area contributed by atoms with Gasteiger partial charge in [-0.25, -0.2) is 0 Å². The van der Waals surface area contributed by atoms with Gasteiger partial charge in [0.1, 0.15) is 0 Å². The lowest BCUT2D eigenvalue weighted by atomic mass is 10.2. The van der Waals surface area contributed by atoms with E-state index in [9.17, 15) is 4.79 Å². The van der Waals surface area contributed by atoms with Crippen LogP contribution in [0.15, 0.2) is 0 Å². The summed E-state index contributed by atoms with van der Waals surface area (Å²) in [6, 6.07) is 0.285. The van der Waals surface area contributed by atoms with E-state index in [1.165, 1.54) is 0 Å². The van der Waals surface area contributed by atoms with Crippen LogP contribution in [-0.2, 0) is 4.79 Å². The molecule has 4 heteroatoms. The maximum atomic E-state index is 11.9. The molecule has 0 saturated carbocycles. The zero-order valence-electron chi connectivity index (χ0n) is 10.2. The third-order valence-electron chi connectivity index (χ3n) is 2.87. The lowest BCUT2D eigenvalue weighted by Crippen LogP contribution is -2.45. The summed E-state index contributed by atoms with van der Waals surface area (Å²) >= 11 is 0. The first-order valence-corrected chi connectivity index (χ1v) is 5.77. The fourth-order valence-corrected chi connectivity index (χ4v) is 2.09. The molecular weight excluding hydrogens is 202 g/mol. The molecule has 1 aliphatic rings. The van der Waals surface area contributed by atoms with Gasteiger partial charge in [0, 0.05) is 19.1 Å². The van der Waals surface area contributed by atoms with Crippen LogP contribution in [0.25, 0.3) is 0 Å². The zero-order valence-corrected chi connectivity index (χ0v) is 10.2. The highest BCUT2D eigenvalue weighted by Crippen LogP contribution is 2.08. The molecule has 1 heterocycles. The monoisotopic (exact) mass is 223 g/mol. The Morgan fingerprint density at radius 3 is 3.00 bits per heavy atom. The van der Waals surface area contributed by atoms with Crippen LogP contribution in [0.2, 0.25) is 0 Å². The van der Waals surface area contributed by atoms with Gasteiger partial charge in [-0.05, 0) is 26.9 Å². The van der Waals surface area contributed by atoms with Crippen LogP contribution < -0.4 is 5.32 Å². The first-order valence-electron chi connectivity index (χ1n) is 5.77. The lowest BCUT2D eigenvalue weighted by molar-refractivity contribution is -0.132. The molecule has 0 aliphatic carbocycles. The molecule has 0 bridgehead atoms. The van der Waals surface area contributed by atoms with Crippen molar-refractivity contribution in [3.8, 4) is 12.3 Å². The number of rotatable bonds is 3. The number of nitrogens with one attached hydrogen (secondary N) is 1. The Kier molecular flexibility index (Phi) is 5.30. The standard InChI is InChI=1S/C12H21N3O/c1-4-6-13-9-12(16)15-8-5-7-14(3)10-11(15)2/h1,11,13H,5-10H2,2-3H3. The first-order chi connectivity index (χ1) is 7.65. The van der Waals surface area contributed by atoms with E-state index in [0.29, 0.717) is 13.1 Å². The van der Waals surface area contributed by atoms with E-state index in [0.717, 1.165) is 26.1 Å². The molecule has 0 spiro atoms. The third kappa shape index (κ3) is 3.84. The molecule has 0 aromatic heterocycles.